The molecule has 0 amide bonds. The summed E-state index contributed by atoms with van der Waals surface area (Å²) in [4.78, 5) is 0. The molecule has 4 atom stereocenters. The van der Waals surface area contributed by atoms with Gasteiger partial charge in [0.25, 0.3) is 0 Å². The summed E-state index contributed by atoms with van der Waals surface area (Å²) in [7, 11) is 0. The lowest BCUT2D eigenvalue weighted by atomic mass is 9.80. The third-order valence-electron chi connectivity index (χ3n) is 6.13. The molecular weight excluding hydrogens is 428 g/mol. The molecule has 0 aliphatic carbocycles. The molecule has 3 aromatic rings. The van der Waals surface area contributed by atoms with Crippen LogP contribution in [0.3, 0.4) is 0 Å². The van der Waals surface area contributed by atoms with E-state index in [4.69, 9.17) is 14.2 Å². The standard InChI is InChI=1S/C29H32O5/c1-4-24(30)26-27(34-28(2,3)33-26)25(31)20-32-29(21-14-8-5-9-15-21,22-16-10-6-11-17-22)23-18-12-7-13-19-23/h4-19,24-27,30-31H,1,20H2,2-3H3/t24-,25-,26+,27-/m1/s1. The van der Waals surface area contributed by atoms with Crippen LogP contribution in [-0.2, 0) is 19.8 Å². The fourth-order valence-electron chi connectivity index (χ4n) is 4.59. The van der Waals surface area contributed by atoms with Crippen LogP contribution < -0.4 is 0 Å². The summed E-state index contributed by atoms with van der Waals surface area (Å²) in [5.41, 5.74) is 1.84. The van der Waals surface area contributed by atoms with Crippen molar-refractivity contribution in [2.45, 2.75) is 49.7 Å². The first-order chi connectivity index (χ1) is 16.4. The molecule has 1 saturated heterocycles. The number of rotatable bonds is 9. The van der Waals surface area contributed by atoms with Crippen LogP contribution in [0.2, 0.25) is 0 Å². The van der Waals surface area contributed by atoms with Crippen LogP contribution in [-0.4, -0.2) is 47.0 Å². The van der Waals surface area contributed by atoms with Crippen LogP contribution >= 0.6 is 0 Å². The van der Waals surface area contributed by atoms with Gasteiger partial charge in [0.2, 0.25) is 0 Å². The fraction of sp³-hybridized carbons (Fsp3) is 0.310. The number of hydrogen-bond donors (Lipinski definition) is 2. The lowest BCUT2D eigenvalue weighted by molar-refractivity contribution is -0.164. The minimum absolute atomic E-state index is 0.0524. The van der Waals surface area contributed by atoms with Gasteiger partial charge in [-0.05, 0) is 30.5 Å². The van der Waals surface area contributed by atoms with E-state index >= 15 is 0 Å². The van der Waals surface area contributed by atoms with Gasteiger partial charge in [0.1, 0.15) is 30.0 Å². The van der Waals surface area contributed by atoms with Gasteiger partial charge in [-0.25, -0.2) is 0 Å². The predicted octanol–water partition coefficient (Wildman–Crippen LogP) is 4.42. The van der Waals surface area contributed by atoms with Gasteiger partial charge in [-0.15, -0.1) is 6.58 Å². The Morgan fingerprint density at radius 1 is 0.824 bits per heavy atom. The molecule has 1 fully saturated rings. The Balaban J connectivity index is 1.73. The van der Waals surface area contributed by atoms with Crippen molar-refractivity contribution in [1.29, 1.82) is 0 Å². The molecule has 2 N–H and O–H groups in total. The van der Waals surface area contributed by atoms with Crippen molar-refractivity contribution in [3.63, 3.8) is 0 Å². The topological polar surface area (TPSA) is 68.2 Å². The molecule has 5 heteroatoms. The Labute approximate surface area is 201 Å². The van der Waals surface area contributed by atoms with E-state index in [2.05, 4.69) is 6.58 Å². The Morgan fingerprint density at radius 3 is 1.65 bits per heavy atom. The van der Waals surface area contributed by atoms with Gasteiger partial charge in [-0.3, -0.25) is 0 Å². The van der Waals surface area contributed by atoms with E-state index in [1.807, 2.05) is 91.0 Å². The molecule has 5 nitrogen and oxygen atoms in total. The summed E-state index contributed by atoms with van der Waals surface area (Å²) >= 11 is 0. The monoisotopic (exact) mass is 460 g/mol. The second kappa shape index (κ2) is 10.2. The second-order valence-corrected chi connectivity index (χ2v) is 8.95. The van der Waals surface area contributed by atoms with Crippen LogP contribution in [0.1, 0.15) is 30.5 Å². The maximum atomic E-state index is 11.2. The molecule has 178 valence electrons. The first kappa shape index (κ1) is 24.3. The van der Waals surface area contributed by atoms with Crippen LogP contribution in [0.15, 0.2) is 104 Å². The average Bonchev–Trinajstić information content (AvgIpc) is 3.21. The maximum absolute atomic E-state index is 11.2. The molecule has 0 aromatic heterocycles. The zero-order valence-electron chi connectivity index (χ0n) is 19.6. The van der Waals surface area contributed by atoms with Crippen molar-refractivity contribution < 1.29 is 24.4 Å². The Kier molecular flexibility index (Phi) is 7.31. The Hall–Kier alpha value is -2.80. The first-order valence-electron chi connectivity index (χ1n) is 11.5. The number of benzene rings is 3. The highest BCUT2D eigenvalue weighted by atomic mass is 16.8. The molecule has 0 spiro atoms. The molecule has 1 heterocycles. The number of aliphatic hydroxyl groups excluding tert-OH is 2. The van der Waals surface area contributed by atoms with Crippen molar-refractivity contribution in [3.05, 3.63) is 120 Å². The van der Waals surface area contributed by atoms with Gasteiger partial charge in [-0.2, -0.15) is 0 Å². The number of aliphatic hydroxyl groups is 2. The minimum Gasteiger partial charge on any atom is -0.388 e. The summed E-state index contributed by atoms with van der Waals surface area (Å²) in [5, 5.41) is 21.6. The molecule has 0 bridgehead atoms. The van der Waals surface area contributed by atoms with Crippen LogP contribution in [0.4, 0.5) is 0 Å². The molecule has 3 aromatic carbocycles. The lowest BCUT2D eigenvalue weighted by Crippen LogP contribution is -2.45. The highest BCUT2D eigenvalue weighted by Gasteiger charge is 2.48. The highest BCUT2D eigenvalue weighted by molar-refractivity contribution is 5.47. The van der Waals surface area contributed by atoms with Crippen LogP contribution in [0.5, 0.6) is 0 Å². The van der Waals surface area contributed by atoms with Crippen LogP contribution in [0.25, 0.3) is 0 Å². The predicted molar refractivity (Wildman–Crippen MR) is 131 cm³/mol. The SMILES string of the molecule is C=C[C@@H](O)[C@@H]1OC(C)(C)O[C@@H]1[C@H](O)COC(c1ccccc1)(c1ccccc1)c1ccccc1. The van der Waals surface area contributed by atoms with Crippen molar-refractivity contribution in [2.75, 3.05) is 6.61 Å². The van der Waals surface area contributed by atoms with E-state index in [0.717, 1.165) is 16.7 Å². The van der Waals surface area contributed by atoms with Gasteiger partial charge < -0.3 is 24.4 Å². The lowest BCUT2D eigenvalue weighted by Gasteiger charge is -2.37. The van der Waals surface area contributed by atoms with Crippen LogP contribution in [0, 0.1) is 0 Å². The molecule has 34 heavy (non-hydrogen) atoms. The summed E-state index contributed by atoms with van der Waals surface area (Å²) in [5.74, 6) is -0.949. The Bertz CT molecular complexity index is 955. The highest BCUT2D eigenvalue weighted by Crippen LogP contribution is 2.41. The van der Waals surface area contributed by atoms with Gasteiger partial charge in [0.15, 0.2) is 5.79 Å². The van der Waals surface area contributed by atoms with E-state index in [1.165, 1.54) is 6.08 Å². The van der Waals surface area contributed by atoms with Gasteiger partial charge in [0, 0.05) is 0 Å². The summed E-state index contributed by atoms with van der Waals surface area (Å²) < 4.78 is 18.5. The smallest absolute Gasteiger partial charge is 0.164 e. The number of hydrogen-bond acceptors (Lipinski definition) is 5. The summed E-state index contributed by atoms with van der Waals surface area (Å²) in [6, 6.07) is 29.9. The molecule has 4 rings (SSSR count). The van der Waals surface area contributed by atoms with Gasteiger partial charge in [0.05, 0.1) is 6.61 Å². The maximum Gasteiger partial charge on any atom is 0.164 e. The molecular formula is C29H32O5. The third kappa shape index (κ3) is 4.85. The van der Waals surface area contributed by atoms with Crippen molar-refractivity contribution >= 4 is 0 Å². The first-order valence-corrected chi connectivity index (χ1v) is 11.5. The van der Waals surface area contributed by atoms with E-state index in [1.54, 1.807) is 13.8 Å². The van der Waals surface area contributed by atoms with E-state index in [9.17, 15) is 10.2 Å². The van der Waals surface area contributed by atoms with Gasteiger partial charge in [-0.1, -0.05) is 97.1 Å². The van der Waals surface area contributed by atoms with E-state index in [0.29, 0.717) is 0 Å². The molecule has 1 aliphatic rings. The van der Waals surface area contributed by atoms with Crippen molar-refractivity contribution in [3.8, 4) is 0 Å². The fourth-order valence-corrected chi connectivity index (χ4v) is 4.59. The number of ether oxygens (including phenoxy) is 3. The second-order valence-electron chi connectivity index (χ2n) is 8.95. The summed E-state index contributed by atoms with van der Waals surface area (Å²) in [6.07, 6.45) is -2.20. The zero-order valence-corrected chi connectivity index (χ0v) is 19.6. The molecule has 0 saturated carbocycles. The minimum atomic E-state index is -1.06. The van der Waals surface area contributed by atoms with Crippen molar-refractivity contribution in [1.82, 2.24) is 0 Å². The van der Waals surface area contributed by atoms with Gasteiger partial charge >= 0.3 is 0 Å². The summed E-state index contributed by atoms with van der Waals surface area (Å²) in [6.45, 7) is 7.11. The Morgan fingerprint density at radius 2 is 1.24 bits per heavy atom. The third-order valence-corrected chi connectivity index (χ3v) is 6.13. The largest absolute Gasteiger partial charge is 0.388 e. The van der Waals surface area contributed by atoms with Crippen molar-refractivity contribution in [2.24, 2.45) is 0 Å². The zero-order chi connectivity index (χ0) is 24.2. The normalized spacial score (nSPS) is 21.6. The van der Waals surface area contributed by atoms with E-state index < -0.39 is 35.8 Å². The molecule has 0 radical (unpaired) electrons. The van der Waals surface area contributed by atoms with E-state index in [-0.39, 0.29) is 6.61 Å². The molecule has 1 aliphatic heterocycles. The quantitative estimate of drug-likeness (QED) is 0.365. The average molecular weight is 461 g/mol. The molecule has 0 unspecified atom stereocenters.